The minimum absolute atomic E-state index is 0.218. The third kappa shape index (κ3) is 6.03. The van der Waals surface area contributed by atoms with Gasteiger partial charge in [-0.15, -0.1) is 0 Å². The van der Waals surface area contributed by atoms with E-state index in [2.05, 4.69) is 29.0 Å². The highest BCUT2D eigenvalue weighted by Gasteiger charge is 2.20. The van der Waals surface area contributed by atoms with Crippen molar-refractivity contribution in [3.05, 3.63) is 30.1 Å². The second-order valence-electron chi connectivity index (χ2n) is 6.95. The standard InChI is InChI=1S/C18H31N3O/c1-15(2)13-21-9-6-17(7-10-21)20-12-16(14-22)11-18-5-3-4-8-19-18/h3-5,8,15-17,20,22H,6-7,9-14H2,1-2H3. The van der Waals surface area contributed by atoms with Crippen LogP contribution in [0.2, 0.25) is 0 Å². The number of pyridine rings is 1. The van der Waals surface area contributed by atoms with Crippen molar-refractivity contribution < 1.29 is 5.11 Å². The average Bonchev–Trinajstić information content (AvgIpc) is 2.53. The van der Waals surface area contributed by atoms with Crippen LogP contribution in [0.5, 0.6) is 0 Å². The van der Waals surface area contributed by atoms with Gasteiger partial charge < -0.3 is 15.3 Å². The van der Waals surface area contributed by atoms with Gasteiger partial charge in [-0.2, -0.15) is 0 Å². The SMILES string of the molecule is CC(C)CN1CCC(NCC(CO)Cc2ccccn2)CC1. The Balaban J connectivity index is 1.68. The molecule has 1 unspecified atom stereocenters. The van der Waals surface area contributed by atoms with Crippen LogP contribution in [0.3, 0.4) is 0 Å². The van der Waals surface area contributed by atoms with Crippen LogP contribution in [0.25, 0.3) is 0 Å². The van der Waals surface area contributed by atoms with E-state index in [0.717, 1.165) is 24.6 Å². The average molecular weight is 305 g/mol. The Bertz CT molecular complexity index is 402. The Kier molecular flexibility index (Phi) is 7.30. The number of likely N-dealkylation sites (tertiary alicyclic amines) is 1. The third-order valence-corrected chi connectivity index (χ3v) is 4.39. The predicted octanol–water partition coefficient (Wildman–Crippen LogP) is 1.94. The molecule has 1 aliphatic heterocycles. The number of aromatic nitrogens is 1. The van der Waals surface area contributed by atoms with Gasteiger partial charge in [0.05, 0.1) is 0 Å². The highest BCUT2D eigenvalue weighted by molar-refractivity contribution is 5.04. The summed E-state index contributed by atoms with van der Waals surface area (Å²) in [6, 6.07) is 6.57. The first-order valence-corrected chi connectivity index (χ1v) is 8.64. The molecule has 0 aromatic carbocycles. The molecule has 0 amide bonds. The summed E-state index contributed by atoms with van der Waals surface area (Å²) in [6.07, 6.45) is 5.10. The lowest BCUT2D eigenvalue weighted by atomic mass is 10.0. The largest absolute Gasteiger partial charge is 0.396 e. The van der Waals surface area contributed by atoms with E-state index in [1.165, 1.54) is 32.5 Å². The molecule has 4 heteroatoms. The lowest BCUT2D eigenvalue weighted by molar-refractivity contribution is 0.169. The molecular weight excluding hydrogens is 274 g/mol. The van der Waals surface area contributed by atoms with Crippen molar-refractivity contribution in [2.75, 3.05) is 32.8 Å². The van der Waals surface area contributed by atoms with E-state index in [-0.39, 0.29) is 12.5 Å². The second kappa shape index (κ2) is 9.23. The molecule has 0 spiro atoms. The van der Waals surface area contributed by atoms with Crippen molar-refractivity contribution in [1.82, 2.24) is 15.2 Å². The van der Waals surface area contributed by atoms with Gasteiger partial charge in [-0.1, -0.05) is 19.9 Å². The molecule has 0 radical (unpaired) electrons. The van der Waals surface area contributed by atoms with E-state index in [1.54, 1.807) is 0 Å². The van der Waals surface area contributed by atoms with Crippen molar-refractivity contribution in [3.8, 4) is 0 Å². The number of hydrogen-bond donors (Lipinski definition) is 2. The molecule has 4 nitrogen and oxygen atoms in total. The number of aliphatic hydroxyl groups is 1. The molecule has 0 saturated carbocycles. The normalized spacial score (nSPS) is 18.7. The van der Waals surface area contributed by atoms with E-state index < -0.39 is 0 Å². The van der Waals surface area contributed by atoms with E-state index in [1.807, 2.05) is 24.4 Å². The number of hydrogen-bond acceptors (Lipinski definition) is 4. The molecule has 1 aromatic heterocycles. The molecular formula is C18H31N3O. The first-order valence-electron chi connectivity index (χ1n) is 8.64. The second-order valence-corrected chi connectivity index (χ2v) is 6.95. The number of nitrogens with one attached hydrogen (secondary N) is 1. The Morgan fingerprint density at radius 1 is 1.32 bits per heavy atom. The fourth-order valence-corrected chi connectivity index (χ4v) is 3.19. The number of piperidine rings is 1. The molecule has 124 valence electrons. The number of aliphatic hydroxyl groups excluding tert-OH is 1. The van der Waals surface area contributed by atoms with Gasteiger partial charge in [-0.3, -0.25) is 4.98 Å². The molecule has 2 heterocycles. The summed E-state index contributed by atoms with van der Waals surface area (Å²) in [6.45, 7) is 9.27. The van der Waals surface area contributed by atoms with Crippen LogP contribution in [-0.2, 0) is 6.42 Å². The zero-order valence-electron chi connectivity index (χ0n) is 14.0. The summed E-state index contributed by atoms with van der Waals surface area (Å²) < 4.78 is 0. The van der Waals surface area contributed by atoms with Crippen molar-refractivity contribution in [3.63, 3.8) is 0 Å². The van der Waals surface area contributed by atoms with Crippen molar-refractivity contribution in [2.24, 2.45) is 11.8 Å². The minimum Gasteiger partial charge on any atom is -0.396 e. The van der Waals surface area contributed by atoms with Crippen LogP contribution in [0.1, 0.15) is 32.4 Å². The molecule has 1 aliphatic rings. The van der Waals surface area contributed by atoms with E-state index in [4.69, 9.17) is 0 Å². The topological polar surface area (TPSA) is 48.4 Å². The maximum atomic E-state index is 9.58. The zero-order chi connectivity index (χ0) is 15.8. The van der Waals surface area contributed by atoms with Crippen molar-refractivity contribution in [2.45, 2.75) is 39.2 Å². The van der Waals surface area contributed by atoms with Crippen LogP contribution >= 0.6 is 0 Å². The Hall–Kier alpha value is -0.970. The highest BCUT2D eigenvalue weighted by atomic mass is 16.3. The van der Waals surface area contributed by atoms with E-state index >= 15 is 0 Å². The summed E-state index contributed by atoms with van der Waals surface area (Å²) in [5.41, 5.74) is 1.06. The summed E-state index contributed by atoms with van der Waals surface area (Å²) in [5, 5.41) is 13.2. The fourth-order valence-electron chi connectivity index (χ4n) is 3.19. The van der Waals surface area contributed by atoms with Crippen LogP contribution < -0.4 is 5.32 Å². The van der Waals surface area contributed by atoms with Gasteiger partial charge >= 0.3 is 0 Å². The molecule has 2 N–H and O–H groups in total. The van der Waals surface area contributed by atoms with Crippen molar-refractivity contribution in [1.29, 1.82) is 0 Å². The first-order chi connectivity index (χ1) is 10.7. The van der Waals surface area contributed by atoms with Crippen LogP contribution in [0.15, 0.2) is 24.4 Å². The number of nitrogens with zero attached hydrogens (tertiary/aromatic N) is 2. The third-order valence-electron chi connectivity index (χ3n) is 4.39. The van der Waals surface area contributed by atoms with Gasteiger partial charge in [-0.25, -0.2) is 0 Å². The van der Waals surface area contributed by atoms with E-state index in [0.29, 0.717) is 6.04 Å². The summed E-state index contributed by atoms with van der Waals surface area (Å²) in [7, 11) is 0. The monoisotopic (exact) mass is 305 g/mol. The molecule has 2 rings (SSSR count). The van der Waals surface area contributed by atoms with Gasteiger partial charge in [0.2, 0.25) is 0 Å². The summed E-state index contributed by atoms with van der Waals surface area (Å²) in [5.74, 6) is 1.00. The fraction of sp³-hybridized carbons (Fsp3) is 0.722. The maximum Gasteiger partial charge on any atom is 0.0475 e. The lowest BCUT2D eigenvalue weighted by Gasteiger charge is -2.34. The van der Waals surface area contributed by atoms with Crippen LogP contribution in [0.4, 0.5) is 0 Å². The Morgan fingerprint density at radius 2 is 2.09 bits per heavy atom. The lowest BCUT2D eigenvalue weighted by Crippen LogP contribution is -2.45. The molecule has 1 saturated heterocycles. The Labute approximate surface area is 134 Å². The number of rotatable bonds is 8. The maximum absolute atomic E-state index is 9.58. The quantitative estimate of drug-likeness (QED) is 0.771. The van der Waals surface area contributed by atoms with Gasteiger partial charge in [-0.05, 0) is 56.3 Å². The molecule has 0 bridgehead atoms. The summed E-state index contributed by atoms with van der Waals surface area (Å²) >= 11 is 0. The smallest absolute Gasteiger partial charge is 0.0475 e. The van der Waals surface area contributed by atoms with Gasteiger partial charge in [0.25, 0.3) is 0 Å². The first kappa shape index (κ1) is 17.4. The molecule has 0 aliphatic carbocycles. The Morgan fingerprint density at radius 3 is 2.68 bits per heavy atom. The summed E-state index contributed by atoms with van der Waals surface area (Å²) in [4.78, 5) is 6.92. The van der Waals surface area contributed by atoms with Gasteiger partial charge in [0.15, 0.2) is 0 Å². The molecule has 1 atom stereocenters. The molecule has 1 fully saturated rings. The van der Waals surface area contributed by atoms with Gasteiger partial charge in [0.1, 0.15) is 0 Å². The van der Waals surface area contributed by atoms with E-state index in [9.17, 15) is 5.11 Å². The zero-order valence-corrected chi connectivity index (χ0v) is 14.0. The van der Waals surface area contributed by atoms with Gasteiger partial charge in [0, 0.05) is 37.6 Å². The van der Waals surface area contributed by atoms with Crippen LogP contribution in [0, 0.1) is 11.8 Å². The highest BCUT2D eigenvalue weighted by Crippen LogP contribution is 2.13. The molecule has 22 heavy (non-hydrogen) atoms. The van der Waals surface area contributed by atoms with Crippen molar-refractivity contribution >= 4 is 0 Å². The predicted molar refractivity (Wildman–Crippen MR) is 90.8 cm³/mol. The molecule has 1 aromatic rings. The van der Waals surface area contributed by atoms with Crippen LogP contribution in [-0.4, -0.2) is 53.8 Å². The minimum atomic E-state index is 0.218.